The van der Waals surface area contributed by atoms with E-state index < -0.39 is 14.2 Å². The fraction of sp³-hybridized carbons (Fsp3) is 0.571. The van der Waals surface area contributed by atoms with Crippen LogP contribution >= 0.6 is 0 Å². The largest absolute Gasteiger partial charge is 0.420 e. The molecule has 1 aromatic carbocycles. The Labute approximate surface area is 159 Å². The van der Waals surface area contributed by atoms with Gasteiger partial charge >= 0.3 is 6.09 Å². The molecular weight excluding hydrogens is 342 g/mol. The van der Waals surface area contributed by atoms with Gasteiger partial charge in [-0.05, 0) is 39.3 Å². The van der Waals surface area contributed by atoms with Crippen LogP contribution in [0, 0.1) is 5.92 Å². The van der Waals surface area contributed by atoms with Crippen LogP contribution in [0.1, 0.15) is 46.3 Å². The van der Waals surface area contributed by atoms with E-state index in [1.165, 1.54) is 0 Å². The number of aliphatic hydroxyl groups excluding tert-OH is 1. The maximum Gasteiger partial charge on any atom is 0.414 e. The summed E-state index contributed by atoms with van der Waals surface area (Å²) >= 11 is 0. The summed E-state index contributed by atoms with van der Waals surface area (Å²) in [6, 6.07) is 9.71. The van der Waals surface area contributed by atoms with E-state index in [1.54, 1.807) is 4.90 Å². The number of benzene rings is 1. The standard InChI is InChI=1S/C21H35NO3Si/c1-15(2)22(16(3)4)21(24)25-19(26(6,7)8)14-17(5)20(23)18-12-10-9-11-13-18/h9-17,20,23H,1-8H3/b19-14+/t17-,20-/m0/s1. The third-order valence-electron chi connectivity index (χ3n) is 4.31. The van der Waals surface area contributed by atoms with Gasteiger partial charge in [0, 0.05) is 18.0 Å². The van der Waals surface area contributed by atoms with Crippen molar-refractivity contribution in [3.63, 3.8) is 0 Å². The molecule has 0 spiro atoms. The fourth-order valence-electron chi connectivity index (χ4n) is 2.89. The van der Waals surface area contributed by atoms with E-state index in [4.69, 9.17) is 4.74 Å². The Morgan fingerprint density at radius 3 is 1.96 bits per heavy atom. The van der Waals surface area contributed by atoms with Crippen molar-refractivity contribution in [1.82, 2.24) is 4.90 Å². The lowest BCUT2D eigenvalue weighted by atomic mass is 9.98. The summed E-state index contributed by atoms with van der Waals surface area (Å²) in [7, 11) is -1.89. The summed E-state index contributed by atoms with van der Waals surface area (Å²) in [5, 5.41) is 11.4. The van der Waals surface area contributed by atoms with E-state index in [1.807, 2.05) is 71.0 Å². The first-order valence-electron chi connectivity index (χ1n) is 9.40. The van der Waals surface area contributed by atoms with Crippen molar-refractivity contribution in [3.8, 4) is 0 Å². The average Bonchev–Trinajstić information content (AvgIpc) is 2.52. The van der Waals surface area contributed by atoms with Crippen LogP contribution in [-0.2, 0) is 4.74 Å². The van der Waals surface area contributed by atoms with Gasteiger partial charge in [0.15, 0.2) is 0 Å². The van der Waals surface area contributed by atoms with Crippen LogP contribution in [0.5, 0.6) is 0 Å². The SMILES string of the molecule is CC(C)N(C(=O)O/C(=C\[C@H](C)[C@H](O)c1ccccc1)[Si](C)(C)C)C(C)C. The third kappa shape index (κ3) is 6.29. The molecule has 0 heterocycles. The molecule has 1 rings (SSSR count). The number of hydrogen-bond donors (Lipinski definition) is 1. The first-order chi connectivity index (χ1) is 11.9. The molecule has 0 radical (unpaired) electrons. The fourth-order valence-corrected chi connectivity index (χ4v) is 4.04. The van der Waals surface area contributed by atoms with Crippen molar-refractivity contribution in [2.75, 3.05) is 0 Å². The molecule has 0 aliphatic heterocycles. The molecule has 0 aliphatic carbocycles. The molecule has 0 saturated carbocycles. The first-order valence-corrected chi connectivity index (χ1v) is 12.9. The minimum absolute atomic E-state index is 0.0673. The van der Waals surface area contributed by atoms with Crippen LogP contribution in [0.15, 0.2) is 41.8 Å². The molecule has 1 amide bonds. The van der Waals surface area contributed by atoms with E-state index in [2.05, 4.69) is 19.6 Å². The van der Waals surface area contributed by atoms with E-state index >= 15 is 0 Å². The number of rotatable bonds is 7. The van der Waals surface area contributed by atoms with Crippen LogP contribution in [0.4, 0.5) is 4.79 Å². The average molecular weight is 378 g/mol. The number of aliphatic hydroxyl groups is 1. The Morgan fingerprint density at radius 1 is 1.04 bits per heavy atom. The van der Waals surface area contributed by atoms with Crippen molar-refractivity contribution >= 4 is 14.2 Å². The summed E-state index contributed by atoms with van der Waals surface area (Å²) in [5.41, 5.74) is 0.864. The number of amides is 1. The lowest BCUT2D eigenvalue weighted by Crippen LogP contribution is -2.43. The number of nitrogens with zero attached hydrogens (tertiary/aromatic N) is 1. The van der Waals surface area contributed by atoms with Crippen LogP contribution in [0.3, 0.4) is 0 Å². The molecule has 0 saturated heterocycles. The Morgan fingerprint density at radius 2 is 1.54 bits per heavy atom. The van der Waals surface area contributed by atoms with Crippen molar-refractivity contribution < 1.29 is 14.6 Å². The first kappa shape index (κ1) is 22.4. The number of hydrogen-bond acceptors (Lipinski definition) is 3. The normalized spacial score (nSPS) is 15.1. The smallest absolute Gasteiger partial charge is 0.414 e. The van der Waals surface area contributed by atoms with E-state index in [9.17, 15) is 9.90 Å². The Bertz CT molecular complexity index is 597. The van der Waals surface area contributed by atoms with Gasteiger partial charge in [0.1, 0.15) is 8.07 Å². The Balaban J connectivity index is 3.06. The minimum atomic E-state index is -1.89. The van der Waals surface area contributed by atoms with Crippen LogP contribution in [0.25, 0.3) is 0 Å². The molecule has 0 fully saturated rings. The lowest BCUT2D eigenvalue weighted by Gasteiger charge is -2.32. The molecule has 0 aliphatic rings. The summed E-state index contributed by atoms with van der Waals surface area (Å²) in [6.07, 6.45) is 0.985. The lowest BCUT2D eigenvalue weighted by molar-refractivity contribution is 0.103. The highest BCUT2D eigenvalue weighted by molar-refractivity contribution is 6.82. The summed E-state index contributed by atoms with van der Waals surface area (Å²) in [5.74, 6) is -0.154. The summed E-state index contributed by atoms with van der Waals surface area (Å²) in [6.45, 7) is 16.3. The van der Waals surface area contributed by atoms with Gasteiger partial charge in [-0.3, -0.25) is 0 Å². The highest BCUT2D eigenvalue weighted by Gasteiger charge is 2.30. The molecule has 1 aromatic rings. The molecule has 2 atom stereocenters. The zero-order valence-electron chi connectivity index (χ0n) is 17.5. The highest BCUT2D eigenvalue weighted by atomic mass is 28.3. The van der Waals surface area contributed by atoms with Crippen molar-refractivity contribution in [1.29, 1.82) is 0 Å². The molecule has 146 valence electrons. The van der Waals surface area contributed by atoms with E-state index in [0.717, 1.165) is 10.9 Å². The van der Waals surface area contributed by atoms with Crippen molar-refractivity contribution in [2.24, 2.45) is 5.92 Å². The number of carbonyl (C=O) groups excluding carboxylic acids is 1. The van der Waals surface area contributed by atoms with Gasteiger partial charge in [-0.25, -0.2) is 4.79 Å². The second-order valence-corrected chi connectivity index (χ2v) is 13.5. The van der Waals surface area contributed by atoms with Crippen molar-refractivity contribution in [2.45, 2.75) is 72.4 Å². The van der Waals surface area contributed by atoms with E-state index in [0.29, 0.717) is 0 Å². The maximum atomic E-state index is 12.7. The predicted molar refractivity (Wildman–Crippen MR) is 111 cm³/mol. The van der Waals surface area contributed by atoms with E-state index in [-0.39, 0.29) is 24.1 Å². The number of carbonyl (C=O) groups is 1. The van der Waals surface area contributed by atoms with Crippen LogP contribution in [0.2, 0.25) is 19.6 Å². The summed E-state index contributed by atoms with van der Waals surface area (Å²) < 4.78 is 5.86. The molecular formula is C21H35NO3Si. The van der Waals surface area contributed by atoms with Crippen LogP contribution < -0.4 is 0 Å². The molecule has 0 aromatic heterocycles. The Hall–Kier alpha value is -1.59. The van der Waals surface area contributed by atoms with Gasteiger partial charge < -0.3 is 14.7 Å². The maximum absolute atomic E-state index is 12.7. The minimum Gasteiger partial charge on any atom is -0.420 e. The zero-order valence-corrected chi connectivity index (χ0v) is 18.5. The summed E-state index contributed by atoms with van der Waals surface area (Å²) in [4.78, 5) is 14.5. The molecule has 26 heavy (non-hydrogen) atoms. The van der Waals surface area contributed by atoms with Gasteiger partial charge in [-0.1, -0.05) is 56.9 Å². The second-order valence-electron chi connectivity index (χ2n) is 8.46. The predicted octanol–water partition coefficient (Wildman–Crippen LogP) is 5.37. The van der Waals surface area contributed by atoms with Gasteiger partial charge in [-0.15, -0.1) is 0 Å². The highest BCUT2D eigenvalue weighted by Crippen LogP contribution is 2.27. The molecule has 5 heteroatoms. The quantitative estimate of drug-likeness (QED) is 0.513. The molecule has 0 bridgehead atoms. The topological polar surface area (TPSA) is 49.8 Å². The second kappa shape index (κ2) is 9.37. The van der Waals surface area contributed by atoms with Gasteiger partial charge in [-0.2, -0.15) is 0 Å². The molecule has 4 nitrogen and oxygen atoms in total. The Kier molecular flexibility index (Phi) is 8.09. The van der Waals surface area contributed by atoms with Gasteiger partial charge in [0.25, 0.3) is 0 Å². The third-order valence-corrected chi connectivity index (χ3v) is 6.06. The van der Waals surface area contributed by atoms with Crippen LogP contribution in [-0.4, -0.2) is 36.3 Å². The molecule has 1 N–H and O–H groups in total. The molecule has 0 unspecified atom stereocenters. The van der Waals surface area contributed by atoms with Gasteiger partial charge in [0.2, 0.25) is 0 Å². The zero-order chi connectivity index (χ0) is 20.1. The van der Waals surface area contributed by atoms with Gasteiger partial charge in [0.05, 0.1) is 11.5 Å². The monoisotopic (exact) mass is 377 g/mol. The van der Waals surface area contributed by atoms with Crippen molar-refractivity contribution in [3.05, 3.63) is 47.4 Å². The number of ether oxygens (including phenoxy) is 1.